The van der Waals surface area contributed by atoms with Crippen molar-refractivity contribution in [1.29, 1.82) is 0 Å². The minimum Gasteiger partial charge on any atom is -0.392 e. The van der Waals surface area contributed by atoms with E-state index in [-0.39, 0.29) is 6.61 Å². The van der Waals surface area contributed by atoms with E-state index >= 15 is 0 Å². The molecule has 0 atom stereocenters. The second kappa shape index (κ2) is 3.76. The summed E-state index contributed by atoms with van der Waals surface area (Å²) in [6.45, 7) is 2.17. The molecule has 0 saturated carbocycles. The highest BCUT2D eigenvalue weighted by Gasteiger charge is 2.08. The van der Waals surface area contributed by atoms with Gasteiger partial charge in [-0.1, -0.05) is 18.2 Å². The van der Waals surface area contributed by atoms with E-state index in [1.807, 2.05) is 30.5 Å². The molecule has 1 heterocycles. The number of hydrogen-bond acceptors (Lipinski definition) is 2. The van der Waals surface area contributed by atoms with Crippen LogP contribution in [0.15, 0.2) is 41.0 Å². The Bertz CT molecular complexity index is 405. The summed E-state index contributed by atoms with van der Waals surface area (Å²) in [5.74, 6) is 0. The Balaban J connectivity index is 2.26. The summed E-state index contributed by atoms with van der Waals surface area (Å²) in [7, 11) is 0. The molecule has 1 N–H and O–H groups in total. The van der Waals surface area contributed by atoms with Crippen LogP contribution in [0.25, 0.3) is 0 Å². The second-order valence-corrected chi connectivity index (χ2v) is 3.59. The van der Waals surface area contributed by atoms with Gasteiger partial charge in [-0.25, -0.2) is 0 Å². The molecule has 1 aliphatic rings. The third-order valence-electron chi connectivity index (χ3n) is 2.33. The Labute approximate surface area is 83.6 Å². The molecule has 0 unspecified atom stereocenters. The maximum absolute atomic E-state index is 9.00. The van der Waals surface area contributed by atoms with Crippen molar-refractivity contribution in [2.45, 2.75) is 20.0 Å². The van der Waals surface area contributed by atoms with Crippen LogP contribution in [0.3, 0.4) is 0 Å². The van der Waals surface area contributed by atoms with Gasteiger partial charge in [0.1, 0.15) is 0 Å². The zero-order chi connectivity index (χ0) is 9.97. The molecule has 0 radical (unpaired) electrons. The minimum atomic E-state index is 0.0908. The summed E-state index contributed by atoms with van der Waals surface area (Å²) in [4.78, 5) is 4.34. The van der Waals surface area contributed by atoms with Crippen molar-refractivity contribution in [3.05, 3.63) is 47.2 Å². The first-order valence-electron chi connectivity index (χ1n) is 4.72. The molecule has 0 aliphatic carbocycles. The number of rotatable bonds is 2. The first-order chi connectivity index (χ1) is 6.79. The van der Waals surface area contributed by atoms with Gasteiger partial charge in [0, 0.05) is 12.6 Å². The van der Waals surface area contributed by atoms with E-state index in [1.54, 1.807) is 0 Å². The van der Waals surface area contributed by atoms with Gasteiger partial charge in [0.15, 0.2) is 0 Å². The van der Waals surface area contributed by atoms with E-state index in [2.05, 4.69) is 11.9 Å². The van der Waals surface area contributed by atoms with Gasteiger partial charge in [-0.3, -0.25) is 4.99 Å². The lowest BCUT2D eigenvalue weighted by Gasteiger charge is -2.03. The number of allylic oxidation sites excluding steroid dienone is 1. The molecule has 1 aromatic carbocycles. The van der Waals surface area contributed by atoms with E-state index in [9.17, 15) is 0 Å². The van der Waals surface area contributed by atoms with Crippen LogP contribution in [-0.4, -0.2) is 10.8 Å². The van der Waals surface area contributed by atoms with E-state index in [0.717, 1.165) is 23.3 Å². The molecule has 1 aromatic rings. The fraction of sp³-hybridized carbons (Fsp3) is 0.250. The van der Waals surface area contributed by atoms with Crippen molar-refractivity contribution in [1.82, 2.24) is 0 Å². The van der Waals surface area contributed by atoms with E-state index < -0.39 is 0 Å². The number of hydrogen-bond donors (Lipinski definition) is 1. The lowest BCUT2D eigenvalue weighted by atomic mass is 10.0. The lowest BCUT2D eigenvalue weighted by Crippen LogP contribution is -1.98. The number of aliphatic hydroxyl groups excluding tert-OH is 1. The van der Waals surface area contributed by atoms with Gasteiger partial charge in [0.2, 0.25) is 0 Å². The SMILES string of the molecule is CC1=CN=C(c2cccc(CO)c2)C1. The molecule has 14 heavy (non-hydrogen) atoms. The normalized spacial score (nSPS) is 15.3. The number of aliphatic hydroxyl groups is 1. The average molecular weight is 187 g/mol. The van der Waals surface area contributed by atoms with Crippen LogP contribution in [0.5, 0.6) is 0 Å². The van der Waals surface area contributed by atoms with Gasteiger partial charge in [0.25, 0.3) is 0 Å². The summed E-state index contributed by atoms with van der Waals surface area (Å²) >= 11 is 0. The topological polar surface area (TPSA) is 32.6 Å². The number of benzene rings is 1. The van der Waals surface area contributed by atoms with Crippen LogP contribution in [0, 0.1) is 0 Å². The van der Waals surface area contributed by atoms with Crippen molar-refractivity contribution >= 4 is 5.71 Å². The van der Waals surface area contributed by atoms with Crippen molar-refractivity contribution in [2.24, 2.45) is 4.99 Å². The molecule has 2 nitrogen and oxygen atoms in total. The van der Waals surface area contributed by atoms with Crippen LogP contribution in [0.2, 0.25) is 0 Å². The van der Waals surface area contributed by atoms with Gasteiger partial charge >= 0.3 is 0 Å². The molecule has 1 aliphatic heterocycles. The Morgan fingerprint density at radius 1 is 1.43 bits per heavy atom. The fourth-order valence-electron chi connectivity index (χ4n) is 1.57. The van der Waals surface area contributed by atoms with E-state index in [0.29, 0.717) is 0 Å². The first-order valence-corrected chi connectivity index (χ1v) is 4.72. The fourth-order valence-corrected chi connectivity index (χ4v) is 1.57. The molecule has 72 valence electrons. The van der Waals surface area contributed by atoms with Crippen LogP contribution < -0.4 is 0 Å². The summed E-state index contributed by atoms with van der Waals surface area (Å²) in [6, 6.07) is 7.89. The summed E-state index contributed by atoms with van der Waals surface area (Å²) in [6.07, 6.45) is 2.83. The molecular formula is C12H13NO. The molecule has 2 heteroatoms. The van der Waals surface area contributed by atoms with E-state index in [1.165, 1.54) is 5.57 Å². The van der Waals surface area contributed by atoms with Gasteiger partial charge in [-0.05, 0) is 29.7 Å². The first kappa shape index (κ1) is 9.16. The van der Waals surface area contributed by atoms with Crippen molar-refractivity contribution in [2.75, 3.05) is 0 Å². The van der Waals surface area contributed by atoms with Crippen LogP contribution in [-0.2, 0) is 6.61 Å². The van der Waals surface area contributed by atoms with Crippen LogP contribution in [0.4, 0.5) is 0 Å². The van der Waals surface area contributed by atoms with Gasteiger partial charge in [-0.15, -0.1) is 0 Å². The predicted octanol–water partition coefficient (Wildman–Crippen LogP) is 2.28. The smallest absolute Gasteiger partial charge is 0.0682 e. The third-order valence-corrected chi connectivity index (χ3v) is 2.33. The second-order valence-electron chi connectivity index (χ2n) is 3.59. The molecule has 0 aromatic heterocycles. The summed E-state index contributed by atoms with van der Waals surface area (Å²) in [5, 5.41) is 9.00. The molecule has 0 saturated heterocycles. The molecule has 0 fully saturated rings. The summed E-state index contributed by atoms with van der Waals surface area (Å²) in [5.41, 5.74) is 4.44. The Hall–Kier alpha value is -1.41. The molecule has 0 amide bonds. The highest BCUT2D eigenvalue weighted by atomic mass is 16.3. The van der Waals surface area contributed by atoms with Gasteiger partial charge in [0.05, 0.1) is 12.3 Å². The molecular weight excluding hydrogens is 174 g/mol. The highest BCUT2D eigenvalue weighted by Crippen LogP contribution is 2.17. The number of nitrogens with zero attached hydrogens (tertiary/aromatic N) is 1. The molecule has 0 spiro atoms. The maximum atomic E-state index is 9.00. The minimum absolute atomic E-state index is 0.0908. The van der Waals surface area contributed by atoms with Crippen molar-refractivity contribution < 1.29 is 5.11 Å². The average Bonchev–Trinajstić information content (AvgIpc) is 2.65. The van der Waals surface area contributed by atoms with Gasteiger partial charge in [-0.2, -0.15) is 0 Å². The Morgan fingerprint density at radius 3 is 2.93 bits per heavy atom. The van der Waals surface area contributed by atoms with E-state index in [4.69, 9.17) is 5.11 Å². The lowest BCUT2D eigenvalue weighted by molar-refractivity contribution is 0.282. The van der Waals surface area contributed by atoms with Gasteiger partial charge < -0.3 is 5.11 Å². The Kier molecular flexibility index (Phi) is 2.46. The van der Waals surface area contributed by atoms with Crippen molar-refractivity contribution in [3.63, 3.8) is 0 Å². The quantitative estimate of drug-likeness (QED) is 0.756. The standard InChI is InChI=1S/C12H13NO/c1-9-5-12(13-7-9)11-4-2-3-10(6-11)8-14/h2-4,6-7,14H,5,8H2,1H3. The van der Waals surface area contributed by atoms with Crippen LogP contribution >= 0.6 is 0 Å². The Morgan fingerprint density at radius 2 is 2.29 bits per heavy atom. The maximum Gasteiger partial charge on any atom is 0.0682 e. The zero-order valence-electron chi connectivity index (χ0n) is 8.20. The predicted molar refractivity (Wildman–Crippen MR) is 57.3 cm³/mol. The molecule has 2 rings (SSSR count). The zero-order valence-corrected chi connectivity index (χ0v) is 8.20. The number of aliphatic imine (C=N–C) groups is 1. The summed E-state index contributed by atoms with van der Waals surface area (Å²) < 4.78 is 0. The molecule has 0 bridgehead atoms. The largest absolute Gasteiger partial charge is 0.392 e. The van der Waals surface area contributed by atoms with Crippen LogP contribution in [0.1, 0.15) is 24.5 Å². The third kappa shape index (κ3) is 1.75. The van der Waals surface area contributed by atoms with Crippen molar-refractivity contribution in [3.8, 4) is 0 Å². The monoisotopic (exact) mass is 187 g/mol. The highest BCUT2D eigenvalue weighted by molar-refractivity contribution is 6.03.